The van der Waals surface area contributed by atoms with Crippen LogP contribution in [0.1, 0.15) is 36.2 Å². The third kappa shape index (κ3) is 6.40. The molecule has 0 fully saturated rings. The van der Waals surface area contributed by atoms with Gasteiger partial charge in [0.25, 0.3) is 0 Å². The Bertz CT molecular complexity index is 743. The maximum Gasteiger partial charge on any atom is 0.337 e. The van der Waals surface area contributed by atoms with Gasteiger partial charge in [0.05, 0.1) is 30.1 Å². The van der Waals surface area contributed by atoms with E-state index in [9.17, 15) is 23.1 Å². The highest BCUT2D eigenvalue weighted by Crippen LogP contribution is 2.18. The molecule has 0 bridgehead atoms. The van der Waals surface area contributed by atoms with Crippen LogP contribution in [-0.2, 0) is 30.9 Å². The Morgan fingerprint density at radius 3 is 2.35 bits per heavy atom. The first-order valence-electron chi connectivity index (χ1n) is 8.04. The molecule has 0 heterocycles. The second kappa shape index (κ2) is 9.65. The van der Waals surface area contributed by atoms with Gasteiger partial charge in [-0.15, -0.1) is 0 Å². The second-order valence-corrected chi connectivity index (χ2v) is 8.07. The first-order valence-corrected chi connectivity index (χ1v) is 9.52. The van der Waals surface area contributed by atoms with E-state index in [1.165, 1.54) is 32.4 Å². The minimum atomic E-state index is -4.01. The number of hydrogen-bond donors (Lipinski definition) is 2. The Hall–Kier alpha value is -1.97. The monoisotopic (exact) mass is 387 g/mol. The van der Waals surface area contributed by atoms with Crippen molar-refractivity contribution in [2.24, 2.45) is 11.8 Å². The molecule has 1 unspecified atom stereocenters. The summed E-state index contributed by atoms with van der Waals surface area (Å²) in [6.45, 7) is 3.60. The van der Waals surface area contributed by atoms with E-state index >= 15 is 0 Å². The molecular weight excluding hydrogens is 362 g/mol. The number of benzene rings is 1. The van der Waals surface area contributed by atoms with Gasteiger partial charge in [-0.2, -0.15) is 0 Å². The summed E-state index contributed by atoms with van der Waals surface area (Å²) in [5.74, 6) is -2.48. The summed E-state index contributed by atoms with van der Waals surface area (Å²) >= 11 is 0. The van der Waals surface area contributed by atoms with E-state index in [1.807, 2.05) is 13.8 Å². The van der Waals surface area contributed by atoms with Gasteiger partial charge in [0.2, 0.25) is 10.0 Å². The van der Waals surface area contributed by atoms with Crippen LogP contribution in [0.3, 0.4) is 0 Å². The van der Waals surface area contributed by atoms with Crippen LogP contribution in [0.2, 0.25) is 0 Å². The molecule has 8 nitrogen and oxygen atoms in total. The van der Waals surface area contributed by atoms with Gasteiger partial charge < -0.3 is 14.6 Å². The third-order valence-electron chi connectivity index (χ3n) is 3.63. The summed E-state index contributed by atoms with van der Waals surface area (Å²) < 4.78 is 37.1. The van der Waals surface area contributed by atoms with Crippen molar-refractivity contribution >= 4 is 22.0 Å². The number of ether oxygens (including phenoxy) is 2. The normalized spacial score (nSPS) is 12.8. The zero-order chi connectivity index (χ0) is 19.9. The van der Waals surface area contributed by atoms with Crippen molar-refractivity contribution in [3.8, 4) is 0 Å². The Kier molecular flexibility index (Phi) is 8.19. The highest BCUT2D eigenvalue weighted by Gasteiger charge is 2.24. The topological polar surface area (TPSA) is 119 Å². The predicted octanol–water partition coefficient (Wildman–Crippen LogP) is 1.64. The average molecular weight is 387 g/mol. The summed E-state index contributed by atoms with van der Waals surface area (Å²) in [5.41, 5.74) is 0.548. The van der Waals surface area contributed by atoms with Crippen molar-refractivity contribution in [1.82, 2.24) is 4.72 Å². The summed E-state index contributed by atoms with van der Waals surface area (Å²) in [6.07, 6.45) is 0.342. The lowest BCUT2D eigenvalue weighted by atomic mass is 9.98. The number of methoxy groups -OCH3 is 2. The van der Waals surface area contributed by atoms with Gasteiger partial charge in [-0.25, -0.2) is 17.9 Å². The molecule has 0 aliphatic heterocycles. The molecule has 0 saturated heterocycles. The molecule has 0 aliphatic carbocycles. The molecule has 2 N–H and O–H groups in total. The molecule has 0 aliphatic rings. The largest absolute Gasteiger partial charge is 0.481 e. The van der Waals surface area contributed by atoms with E-state index < -0.39 is 27.9 Å². The smallest absolute Gasteiger partial charge is 0.337 e. The summed E-state index contributed by atoms with van der Waals surface area (Å²) in [5, 5.41) is 9.24. The summed E-state index contributed by atoms with van der Waals surface area (Å²) in [7, 11) is -1.37. The lowest BCUT2D eigenvalue weighted by Crippen LogP contribution is -2.33. The van der Waals surface area contributed by atoms with Crippen LogP contribution in [0.15, 0.2) is 23.1 Å². The zero-order valence-electron chi connectivity index (χ0n) is 15.3. The number of sulfonamides is 1. The van der Waals surface area contributed by atoms with Crippen molar-refractivity contribution in [3.63, 3.8) is 0 Å². The third-order valence-corrected chi connectivity index (χ3v) is 5.04. The number of nitrogens with one attached hydrogen (secondary N) is 1. The molecule has 0 amide bonds. The molecule has 1 atom stereocenters. The minimum absolute atomic E-state index is 0.0689. The Morgan fingerprint density at radius 2 is 1.85 bits per heavy atom. The van der Waals surface area contributed by atoms with Crippen LogP contribution in [0.25, 0.3) is 0 Å². The Morgan fingerprint density at radius 1 is 1.19 bits per heavy atom. The number of carbonyl (C=O) groups is 2. The van der Waals surface area contributed by atoms with Crippen molar-refractivity contribution < 1.29 is 32.6 Å². The van der Waals surface area contributed by atoms with Gasteiger partial charge in [-0.05, 0) is 36.1 Å². The SMILES string of the molecule is COCc1cc(C(=O)OC)cc(S(=O)(=O)NCC(CC(C)C)C(=O)O)c1. The fourth-order valence-electron chi connectivity index (χ4n) is 2.44. The zero-order valence-corrected chi connectivity index (χ0v) is 16.1. The number of carboxylic acids is 1. The number of carboxylic acid groups (broad SMARTS) is 1. The minimum Gasteiger partial charge on any atom is -0.481 e. The van der Waals surface area contributed by atoms with Crippen LogP contribution in [-0.4, -0.2) is 46.2 Å². The van der Waals surface area contributed by atoms with Gasteiger partial charge in [-0.3, -0.25) is 4.79 Å². The van der Waals surface area contributed by atoms with Gasteiger partial charge >= 0.3 is 11.9 Å². The Balaban J connectivity index is 3.11. The maximum atomic E-state index is 12.6. The van der Waals surface area contributed by atoms with Crippen LogP contribution >= 0.6 is 0 Å². The molecule has 0 saturated carbocycles. The lowest BCUT2D eigenvalue weighted by molar-refractivity contribution is -0.142. The summed E-state index contributed by atoms with van der Waals surface area (Å²) in [6, 6.07) is 4.04. The molecule has 0 radical (unpaired) electrons. The van der Waals surface area contributed by atoms with E-state index in [0.29, 0.717) is 12.0 Å². The van der Waals surface area contributed by atoms with E-state index in [-0.39, 0.29) is 29.5 Å². The van der Waals surface area contributed by atoms with Crippen LogP contribution in [0.4, 0.5) is 0 Å². The van der Waals surface area contributed by atoms with Gasteiger partial charge in [-0.1, -0.05) is 13.8 Å². The number of esters is 1. The first-order chi connectivity index (χ1) is 12.1. The fraction of sp³-hybridized carbons (Fsp3) is 0.529. The molecule has 146 valence electrons. The molecule has 0 aromatic heterocycles. The molecule has 0 spiro atoms. The van der Waals surface area contributed by atoms with E-state index in [4.69, 9.17) is 4.74 Å². The first kappa shape index (κ1) is 22.1. The standard InChI is InChI=1S/C17H25NO7S/c1-11(2)5-14(16(19)20)9-18-26(22,23)15-7-12(10-24-3)6-13(8-15)17(21)25-4/h6-8,11,14,18H,5,9-10H2,1-4H3,(H,19,20). The molecule has 9 heteroatoms. The van der Waals surface area contributed by atoms with E-state index in [0.717, 1.165) is 0 Å². The Labute approximate surface area is 153 Å². The van der Waals surface area contributed by atoms with Crippen molar-refractivity contribution in [2.45, 2.75) is 31.8 Å². The van der Waals surface area contributed by atoms with Crippen LogP contribution in [0, 0.1) is 11.8 Å². The average Bonchev–Trinajstić information content (AvgIpc) is 2.57. The second-order valence-electron chi connectivity index (χ2n) is 6.31. The molecule has 1 aromatic carbocycles. The van der Waals surface area contributed by atoms with Crippen molar-refractivity contribution in [2.75, 3.05) is 20.8 Å². The molecular formula is C17H25NO7S. The highest BCUT2D eigenvalue weighted by atomic mass is 32.2. The summed E-state index contributed by atoms with van der Waals surface area (Å²) in [4.78, 5) is 22.9. The molecule has 26 heavy (non-hydrogen) atoms. The van der Waals surface area contributed by atoms with E-state index in [1.54, 1.807) is 0 Å². The van der Waals surface area contributed by atoms with Gasteiger partial charge in [0, 0.05) is 13.7 Å². The maximum absolute atomic E-state index is 12.6. The number of carbonyl (C=O) groups excluding carboxylic acids is 1. The van der Waals surface area contributed by atoms with E-state index in [2.05, 4.69) is 9.46 Å². The van der Waals surface area contributed by atoms with Crippen molar-refractivity contribution in [3.05, 3.63) is 29.3 Å². The molecule has 1 rings (SSSR count). The highest BCUT2D eigenvalue weighted by molar-refractivity contribution is 7.89. The predicted molar refractivity (Wildman–Crippen MR) is 94.3 cm³/mol. The quantitative estimate of drug-likeness (QED) is 0.586. The fourth-order valence-corrected chi connectivity index (χ4v) is 3.61. The lowest BCUT2D eigenvalue weighted by Gasteiger charge is -2.16. The molecule has 1 aromatic rings. The number of hydrogen-bond acceptors (Lipinski definition) is 6. The van der Waals surface area contributed by atoms with Crippen LogP contribution < -0.4 is 4.72 Å². The van der Waals surface area contributed by atoms with Crippen LogP contribution in [0.5, 0.6) is 0 Å². The number of rotatable bonds is 10. The van der Waals surface area contributed by atoms with Crippen molar-refractivity contribution in [1.29, 1.82) is 0 Å². The van der Waals surface area contributed by atoms with Gasteiger partial charge in [0.1, 0.15) is 0 Å². The number of aliphatic carboxylic acids is 1. The van der Waals surface area contributed by atoms with Gasteiger partial charge in [0.15, 0.2) is 0 Å².